The van der Waals surface area contributed by atoms with Crippen molar-refractivity contribution in [3.63, 3.8) is 0 Å². The number of rotatable bonds is 5. The molecule has 2 N–H and O–H groups in total. The van der Waals surface area contributed by atoms with Crippen LogP contribution in [0.2, 0.25) is 0 Å². The van der Waals surface area contributed by atoms with Gasteiger partial charge in [-0.2, -0.15) is 5.26 Å². The number of nitriles is 1. The molecule has 2 amide bonds. The summed E-state index contributed by atoms with van der Waals surface area (Å²) < 4.78 is 0. The summed E-state index contributed by atoms with van der Waals surface area (Å²) in [5.41, 5.74) is 5.00. The van der Waals surface area contributed by atoms with Crippen molar-refractivity contribution in [2.45, 2.75) is 44.4 Å². The first kappa shape index (κ1) is 23.5. The lowest BCUT2D eigenvalue weighted by Gasteiger charge is -2.32. The monoisotopic (exact) mass is 480 g/mol. The van der Waals surface area contributed by atoms with Gasteiger partial charge in [0.15, 0.2) is 5.82 Å². The first-order valence-corrected chi connectivity index (χ1v) is 12.4. The number of benzene rings is 1. The Hall–Kier alpha value is -4.25. The third-order valence-corrected chi connectivity index (χ3v) is 6.98. The Kier molecular flexibility index (Phi) is 6.89. The maximum atomic E-state index is 12.8. The summed E-state index contributed by atoms with van der Waals surface area (Å²) in [5, 5.41) is 12.0. The van der Waals surface area contributed by atoms with E-state index in [0.717, 1.165) is 43.4 Å². The number of aromatic nitrogens is 3. The van der Waals surface area contributed by atoms with Gasteiger partial charge in [0.1, 0.15) is 17.5 Å². The molecule has 8 nitrogen and oxygen atoms in total. The number of aromatic amines is 1. The van der Waals surface area contributed by atoms with Crippen molar-refractivity contribution < 1.29 is 9.59 Å². The lowest BCUT2D eigenvalue weighted by molar-refractivity contribution is 0.0707. The van der Waals surface area contributed by atoms with Crippen LogP contribution in [0.3, 0.4) is 0 Å². The van der Waals surface area contributed by atoms with Crippen LogP contribution in [-0.4, -0.2) is 44.8 Å². The van der Waals surface area contributed by atoms with E-state index in [-0.39, 0.29) is 23.3 Å². The maximum Gasteiger partial charge on any atom is 0.291 e. The number of piperidine rings is 1. The van der Waals surface area contributed by atoms with Gasteiger partial charge in [-0.1, -0.05) is 18.2 Å². The van der Waals surface area contributed by atoms with Gasteiger partial charge in [-0.3, -0.25) is 14.6 Å². The van der Waals surface area contributed by atoms with Gasteiger partial charge in [-0.15, -0.1) is 0 Å². The van der Waals surface area contributed by atoms with Crippen molar-refractivity contribution in [3.05, 3.63) is 83.2 Å². The highest BCUT2D eigenvalue weighted by atomic mass is 16.2. The van der Waals surface area contributed by atoms with Crippen LogP contribution in [0.15, 0.2) is 54.9 Å². The minimum atomic E-state index is -0.372. The van der Waals surface area contributed by atoms with Gasteiger partial charge >= 0.3 is 0 Å². The minimum Gasteiger partial charge on any atom is -0.337 e. The van der Waals surface area contributed by atoms with Crippen LogP contribution in [-0.2, 0) is 0 Å². The first-order valence-electron chi connectivity index (χ1n) is 12.4. The molecule has 1 aliphatic heterocycles. The highest BCUT2D eigenvalue weighted by Crippen LogP contribution is 2.36. The lowest BCUT2D eigenvalue weighted by atomic mass is 9.85. The number of hydrogen-bond acceptors (Lipinski definition) is 5. The van der Waals surface area contributed by atoms with Gasteiger partial charge in [0.25, 0.3) is 11.8 Å². The molecule has 1 aliphatic carbocycles. The molecule has 0 atom stereocenters. The Morgan fingerprint density at radius 1 is 1.11 bits per heavy atom. The van der Waals surface area contributed by atoms with Crippen molar-refractivity contribution in [1.29, 1.82) is 5.26 Å². The van der Waals surface area contributed by atoms with Crippen molar-refractivity contribution >= 4 is 23.1 Å². The molecule has 1 saturated heterocycles. The van der Waals surface area contributed by atoms with Gasteiger partial charge < -0.3 is 15.2 Å². The Labute approximate surface area is 210 Å². The van der Waals surface area contributed by atoms with E-state index in [4.69, 9.17) is 5.26 Å². The van der Waals surface area contributed by atoms with Gasteiger partial charge in [0.2, 0.25) is 0 Å². The highest BCUT2D eigenvalue weighted by Gasteiger charge is 2.26. The van der Waals surface area contributed by atoms with Gasteiger partial charge in [-0.05, 0) is 79.8 Å². The van der Waals surface area contributed by atoms with Crippen molar-refractivity contribution in [3.8, 4) is 6.07 Å². The molecular weight excluding hydrogens is 452 g/mol. The molecule has 0 radical (unpaired) electrons. The number of pyridine rings is 1. The quantitative estimate of drug-likeness (QED) is 0.539. The summed E-state index contributed by atoms with van der Waals surface area (Å²) in [4.78, 5) is 38.4. The SMILES string of the molecule is N#Cc1cnc(C(=O)Nc2ccc(C3CCN(C(=O)c4ccccn4)CC3)cc2C2=CCCCC2)[nH]1. The fourth-order valence-electron chi connectivity index (χ4n) is 5.02. The number of hydrogen-bond donors (Lipinski definition) is 2. The van der Waals surface area contributed by atoms with Crippen LogP contribution in [0.5, 0.6) is 0 Å². The van der Waals surface area contributed by atoms with Crippen LogP contribution >= 0.6 is 0 Å². The zero-order chi connectivity index (χ0) is 24.9. The number of anilines is 1. The van der Waals surface area contributed by atoms with Crippen molar-refractivity contribution in [1.82, 2.24) is 19.9 Å². The van der Waals surface area contributed by atoms with Crippen LogP contribution in [0.4, 0.5) is 5.69 Å². The van der Waals surface area contributed by atoms with E-state index in [1.165, 1.54) is 23.8 Å². The second-order valence-corrected chi connectivity index (χ2v) is 9.27. The summed E-state index contributed by atoms with van der Waals surface area (Å²) in [6.45, 7) is 1.38. The Balaban J connectivity index is 1.34. The number of carbonyl (C=O) groups excluding carboxylic acids is 2. The van der Waals surface area contributed by atoms with Crippen LogP contribution in [0.1, 0.15) is 82.4 Å². The summed E-state index contributed by atoms with van der Waals surface area (Å²) in [6.07, 6.45) is 11.3. The number of H-pyrrole nitrogens is 1. The topological polar surface area (TPSA) is 115 Å². The second kappa shape index (κ2) is 10.6. The predicted molar refractivity (Wildman–Crippen MR) is 136 cm³/mol. The first-order chi connectivity index (χ1) is 17.6. The van der Waals surface area contributed by atoms with Crippen molar-refractivity contribution in [2.75, 3.05) is 18.4 Å². The Bertz CT molecular complexity index is 1330. The predicted octanol–water partition coefficient (Wildman–Crippen LogP) is 4.91. The molecule has 8 heteroatoms. The molecule has 0 unspecified atom stereocenters. The van der Waals surface area contributed by atoms with E-state index >= 15 is 0 Å². The Morgan fingerprint density at radius 3 is 2.67 bits per heavy atom. The number of nitrogens with zero attached hydrogens (tertiary/aromatic N) is 4. The third-order valence-electron chi connectivity index (χ3n) is 6.98. The summed E-state index contributed by atoms with van der Waals surface area (Å²) >= 11 is 0. The van der Waals surface area contributed by atoms with Crippen LogP contribution in [0, 0.1) is 11.3 Å². The smallest absolute Gasteiger partial charge is 0.291 e. The van der Waals surface area contributed by atoms with Crippen molar-refractivity contribution in [2.24, 2.45) is 0 Å². The molecule has 0 bridgehead atoms. The number of imidazole rings is 1. The normalized spacial score (nSPS) is 16.2. The number of likely N-dealkylation sites (tertiary alicyclic amines) is 1. The van der Waals surface area contributed by atoms with E-state index in [1.54, 1.807) is 12.3 Å². The second-order valence-electron chi connectivity index (χ2n) is 9.27. The molecule has 3 aromatic rings. The third kappa shape index (κ3) is 5.05. The standard InChI is InChI=1S/C28H28N6O2/c29-17-22-18-31-26(32-22)27(35)33-24-10-9-21(16-23(24)20-6-2-1-3-7-20)19-11-14-34(15-12-19)28(36)25-8-4-5-13-30-25/h4-6,8-10,13,16,18-19H,1-3,7,11-12,14-15H2,(H,31,32)(H,33,35). The maximum absolute atomic E-state index is 12.8. The van der Waals surface area contributed by atoms with Gasteiger partial charge in [0, 0.05) is 30.5 Å². The molecule has 1 aromatic carbocycles. The van der Waals surface area contributed by atoms with E-state index in [0.29, 0.717) is 24.7 Å². The molecule has 0 spiro atoms. The average Bonchev–Trinajstić information content (AvgIpc) is 3.44. The van der Waals surface area contributed by atoms with E-state index in [2.05, 4.69) is 38.5 Å². The summed E-state index contributed by atoms with van der Waals surface area (Å²) in [5.74, 6) is 0.0683. The zero-order valence-electron chi connectivity index (χ0n) is 20.0. The average molecular weight is 481 g/mol. The molecule has 0 saturated carbocycles. The molecule has 2 aromatic heterocycles. The fraction of sp³-hybridized carbons (Fsp3) is 0.321. The van der Waals surface area contributed by atoms with Crippen LogP contribution in [0.25, 0.3) is 5.57 Å². The molecule has 36 heavy (non-hydrogen) atoms. The van der Waals surface area contributed by atoms with Crippen LogP contribution < -0.4 is 5.32 Å². The molecule has 1 fully saturated rings. The van der Waals surface area contributed by atoms with E-state index < -0.39 is 0 Å². The minimum absolute atomic E-state index is 0.0161. The number of carbonyl (C=O) groups is 2. The lowest BCUT2D eigenvalue weighted by Crippen LogP contribution is -2.38. The summed E-state index contributed by atoms with van der Waals surface area (Å²) in [6, 6.07) is 13.6. The molecule has 5 rings (SSSR count). The van der Waals surface area contributed by atoms with Gasteiger partial charge in [-0.25, -0.2) is 4.98 Å². The molecule has 2 aliphatic rings. The van der Waals surface area contributed by atoms with E-state index in [1.807, 2.05) is 29.2 Å². The number of allylic oxidation sites excluding steroid dienone is 2. The summed E-state index contributed by atoms with van der Waals surface area (Å²) in [7, 11) is 0. The highest BCUT2D eigenvalue weighted by molar-refractivity contribution is 6.03. The number of amides is 2. The fourth-order valence-corrected chi connectivity index (χ4v) is 5.02. The van der Waals surface area contributed by atoms with Gasteiger partial charge in [0.05, 0.1) is 6.20 Å². The zero-order valence-corrected chi connectivity index (χ0v) is 20.0. The van der Waals surface area contributed by atoms with E-state index in [9.17, 15) is 9.59 Å². The Morgan fingerprint density at radius 2 is 1.97 bits per heavy atom. The number of nitrogens with one attached hydrogen (secondary N) is 2. The largest absolute Gasteiger partial charge is 0.337 e. The molecular formula is C28H28N6O2. The molecule has 3 heterocycles. The molecule has 182 valence electrons.